The van der Waals surface area contributed by atoms with Crippen molar-refractivity contribution >= 4 is 17.0 Å². The molecule has 3 rings (SSSR count). The van der Waals surface area contributed by atoms with Gasteiger partial charge in [0.05, 0.1) is 30.1 Å². The molecule has 0 atom stereocenters. The van der Waals surface area contributed by atoms with E-state index < -0.39 is 0 Å². The Hall–Kier alpha value is -1.95. The van der Waals surface area contributed by atoms with E-state index in [4.69, 9.17) is 4.74 Å². The third-order valence-corrected chi connectivity index (χ3v) is 3.33. The SMILES string of the molecule is COc1nc(-c2cc(C)ns2)cn2nccc12. The lowest BCUT2D eigenvalue weighted by Gasteiger charge is -2.04. The van der Waals surface area contributed by atoms with Crippen molar-refractivity contribution in [3.05, 3.63) is 30.2 Å². The molecule has 86 valence electrons. The van der Waals surface area contributed by atoms with E-state index in [2.05, 4.69) is 14.5 Å². The summed E-state index contributed by atoms with van der Waals surface area (Å²) in [6.07, 6.45) is 3.60. The van der Waals surface area contributed by atoms with Gasteiger partial charge in [-0.1, -0.05) is 0 Å². The van der Waals surface area contributed by atoms with E-state index in [0.29, 0.717) is 5.88 Å². The molecule has 0 spiro atoms. The number of hydrogen-bond acceptors (Lipinski definition) is 5. The van der Waals surface area contributed by atoms with Crippen LogP contribution in [0.2, 0.25) is 0 Å². The number of fused-ring (bicyclic) bond motifs is 1. The van der Waals surface area contributed by atoms with Gasteiger partial charge in [0, 0.05) is 0 Å². The molecule has 17 heavy (non-hydrogen) atoms. The lowest BCUT2D eigenvalue weighted by molar-refractivity contribution is 0.401. The second kappa shape index (κ2) is 3.81. The number of aromatic nitrogens is 4. The van der Waals surface area contributed by atoms with E-state index in [1.165, 1.54) is 11.5 Å². The Kier molecular flexibility index (Phi) is 2.29. The highest BCUT2D eigenvalue weighted by molar-refractivity contribution is 7.09. The highest BCUT2D eigenvalue weighted by atomic mass is 32.1. The summed E-state index contributed by atoms with van der Waals surface area (Å²) in [7, 11) is 1.61. The average Bonchev–Trinajstić information content (AvgIpc) is 2.95. The molecule has 0 amide bonds. The second-order valence-corrected chi connectivity index (χ2v) is 4.43. The van der Waals surface area contributed by atoms with Gasteiger partial charge in [-0.2, -0.15) is 9.47 Å². The second-order valence-electron chi connectivity index (χ2n) is 3.63. The maximum Gasteiger partial charge on any atom is 0.240 e. The van der Waals surface area contributed by atoms with Gasteiger partial charge in [0.1, 0.15) is 11.2 Å². The van der Waals surface area contributed by atoms with Crippen LogP contribution >= 0.6 is 11.5 Å². The molecule has 0 saturated carbocycles. The largest absolute Gasteiger partial charge is 0.479 e. The van der Waals surface area contributed by atoms with E-state index in [1.54, 1.807) is 17.8 Å². The minimum atomic E-state index is 0.575. The molecule has 0 aliphatic heterocycles. The zero-order valence-corrected chi connectivity index (χ0v) is 10.2. The fourth-order valence-electron chi connectivity index (χ4n) is 1.65. The summed E-state index contributed by atoms with van der Waals surface area (Å²) in [5.41, 5.74) is 2.67. The Labute approximate surface area is 102 Å². The fraction of sp³-hybridized carbons (Fsp3) is 0.182. The molecule has 3 aromatic heterocycles. The third kappa shape index (κ3) is 1.66. The first kappa shape index (κ1) is 10.2. The Morgan fingerprint density at radius 3 is 3.00 bits per heavy atom. The summed E-state index contributed by atoms with van der Waals surface area (Å²) in [6.45, 7) is 1.96. The first-order valence-corrected chi connectivity index (χ1v) is 5.87. The number of methoxy groups -OCH3 is 1. The topological polar surface area (TPSA) is 52.3 Å². The molecular formula is C11H10N4OS. The number of hydrogen-bond donors (Lipinski definition) is 0. The Morgan fingerprint density at radius 1 is 1.41 bits per heavy atom. The van der Waals surface area contributed by atoms with Gasteiger partial charge >= 0.3 is 0 Å². The standard InChI is InChI=1S/C11H10N4OS/c1-7-5-10(17-14-7)8-6-15-9(3-4-12-15)11(13-8)16-2/h3-6H,1-2H3. The summed E-state index contributed by atoms with van der Waals surface area (Å²) in [5, 5.41) is 4.20. The van der Waals surface area contributed by atoms with Crippen molar-refractivity contribution in [3.63, 3.8) is 0 Å². The van der Waals surface area contributed by atoms with Crippen LogP contribution in [0.3, 0.4) is 0 Å². The van der Waals surface area contributed by atoms with Gasteiger partial charge in [-0.3, -0.25) is 0 Å². The van der Waals surface area contributed by atoms with E-state index in [1.807, 2.05) is 25.3 Å². The molecule has 0 aromatic carbocycles. The molecule has 0 aliphatic carbocycles. The predicted molar refractivity (Wildman–Crippen MR) is 65.4 cm³/mol. The van der Waals surface area contributed by atoms with Crippen LogP contribution < -0.4 is 4.74 Å². The summed E-state index contributed by atoms with van der Waals surface area (Å²) in [6, 6.07) is 3.87. The molecule has 0 radical (unpaired) electrons. The zero-order valence-electron chi connectivity index (χ0n) is 9.41. The molecule has 0 N–H and O–H groups in total. The lowest BCUT2D eigenvalue weighted by Crippen LogP contribution is -1.96. The molecule has 0 bridgehead atoms. The van der Waals surface area contributed by atoms with Crippen molar-refractivity contribution in [2.24, 2.45) is 0 Å². The van der Waals surface area contributed by atoms with Crippen LogP contribution in [0.1, 0.15) is 5.69 Å². The smallest absolute Gasteiger partial charge is 0.240 e. The van der Waals surface area contributed by atoms with Crippen molar-refractivity contribution in [2.45, 2.75) is 6.92 Å². The van der Waals surface area contributed by atoms with Gasteiger partial charge in [0.2, 0.25) is 5.88 Å². The molecule has 0 aliphatic rings. The lowest BCUT2D eigenvalue weighted by atomic mass is 10.3. The number of nitrogens with zero attached hydrogens (tertiary/aromatic N) is 4. The van der Waals surface area contributed by atoms with E-state index in [9.17, 15) is 0 Å². The van der Waals surface area contributed by atoms with Crippen molar-refractivity contribution in [2.75, 3.05) is 7.11 Å². The van der Waals surface area contributed by atoms with Gasteiger partial charge in [0.25, 0.3) is 0 Å². The predicted octanol–water partition coefficient (Wildman–Crippen LogP) is 2.17. The number of rotatable bonds is 2. The molecule has 0 saturated heterocycles. The molecule has 0 fully saturated rings. The van der Waals surface area contributed by atoms with Crippen molar-refractivity contribution < 1.29 is 4.74 Å². The summed E-state index contributed by atoms with van der Waals surface area (Å²) in [4.78, 5) is 5.47. The van der Waals surface area contributed by atoms with Crippen molar-refractivity contribution in [1.29, 1.82) is 0 Å². The molecule has 6 heteroatoms. The molecular weight excluding hydrogens is 236 g/mol. The van der Waals surface area contributed by atoms with Gasteiger partial charge in [-0.05, 0) is 30.6 Å². The van der Waals surface area contributed by atoms with E-state index in [0.717, 1.165) is 21.8 Å². The summed E-state index contributed by atoms with van der Waals surface area (Å²) < 4.78 is 11.3. The monoisotopic (exact) mass is 246 g/mol. The summed E-state index contributed by atoms with van der Waals surface area (Å²) in [5.74, 6) is 0.575. The van der Waals surface area contributed by atoms with Crippen molar-refractivity contribution in [3.8, 4) is 16.5 Å². The van der Waals surface area contributed by atoms with Gasteiger partial charge in [-0.25, -0.2) is 9.50 Å². The van der Waals surface area contributed by atoms with Gasteiger partial charge in [0.15, 0.2) is 0 Å². The highest BCUT2D eigenvalue weighted by Crippen LogP contribution is 2.26. The van der Waals surface area contributed by atoms with Crippen LogP contribution in [0.25, 0.3) is 16.1 Å². The van der Waals surface area contributed by atoms with E-state index in [-0.39, 0.29) is 0 Å². The minimum Gasteiger partial charge on any atom is -0.479 e. The minimum absolute atomic E-state index is 0.575. The van der Waals surface area contributed by atoms with Crippen LogP contribution in [-0.2, 0) is 0 Å². The maximum atomic E-state index is 5.27. The maximum absolute atomic E-state index is 5.27. The van der Waals surface area contributed by atoms with Crippen LogP contribution in [0.15, 0.2) is 24.5 Å². The Bertz CT molecular complexity index is 673. The molecule has 3 heterocycles. The van der Waals surface area contributed by atoms with Gasteiger partial charge in [-0.15, -0.1) is 0 Å². The molecule has 5 nitrogen and oxygen atoms in total. The van der Waals surface area contributed by atoms with Crippen LogP contribution in [-0.4, -0.2) is 26.1 Å². The normalized spacial score (nSPS) is 10.9. The number of ether oxygens (including phenoxy) is 1. The van der Waals surface area contributed by atoms with E-state index >= 15 is 0 Å². The van der Waals surface area contributed by atoms with Crippen molar-refractivity contribution in [1.82, 2.24) is 19.0 Å². The molecule has 3 aromatic rings. The Morgan fingerprint density at radius 2 is 2.29 bits per heavy atom. The third-order valence-electron chi connectivity index (χ3n) is 2.43. The van der Waals surface area contributed by atoms with Gasteiger partial charge < -0.3 is 4.74 Å². The zero-order chi connectivity index (χ0) is 11.8. The quantitative estimate of drug-likeness (QED) is 0.695. The first-order chi connectivity index (χ1) is 8.28. The highest BCUT2D eigenvalue weighted by Gasteiger charge is 2.10. The average molecular weight is 246 g/mol. The summed E-state index contributed by atoms with van der Waals surface area (Å²) >= 11 is 1.42. The fourth-order valence-corrected chi connectivity index (χ4v) is 2.36. The molecule has 0 unspecified atom stereocenters. The van der Waals surface area contributed by atoms with Crippen LogP contribution in [0.4, 0.5) is 0 Å². The number of aryl methyl sites for hydroxylation is 1. The van der Waals surface area contributed by atoms with Crippen LogP contribution in [0.5, 0.6) is 5.88 Å². The first-order valence-electron chi connectivity index (χ1n) is 5.10. The Balaban J connectivity index is 2.23. The van der Waals surface area contributed by atoms with Crippen LogP contribution in [0, 0.1) is 6.92 Å².